The number of amides is 1. The van der Waals surface area contributed by atoms with Crippen molar-refractivity contribution in [3.05, 3.63) is 35.8 Å². The number of Topliss-reactive ketones (excluding diaryl/α,β-unsaturated/α-hetero) is 1. The highest BCUT2D eigenvalue weighted by Crippen LogP contribution is 2.44. The van der Waals surface area contributed by atoms with E-state index in [1.54, 1.807) is 6.20 Å². The number of rotatable bonds is 4. The number of carbonyl (C=O) groups excluding carboxylic acids is 2. The van der Waals surface area contributed by atoms with Crippen molar-refractivity contribution in [2.45, 2.75) is 25.0 Å². The molecule has 1 amide bonds. The number of ether oxygens (including phenoxy) is 4. The lowest BCUT2D eigenvalue weighted by molar-refractivity contribution is -0.114. The molecule has 10 nitrogen and oxygen atoms in total. The van der Waals surface area contributed by atoms with E-state index in [1.807, 2.05) is 29.9 Å². The maximum absolute atomic E-state index is 13.0. The standard InChI is InChI=1S/C24H24N4O6/c1-13(29)26-21-5-15-16(8-28(2)18(15)7-25-21)17-6-20(34-14-9-32-10-14)22-19(30)11-33-24(23(22)27-17)3-4-31-12-24/h5-8,14H,3-4,9-12H2,1-2H3,(H,25,26,29). The van der Waals surface area contributed by atoms with Gasteiger partial charge in [0.1, 0.15) is 29.9 Å². The lowest BCUT2D eigenvalue weighted by atomic mass is 9.88. The van der Waals surface area contributed by atoms with Gasteiger partial charge in [0, 0.05) is 50.2 Å². The van der Waals surface area contributed by atoms with Gasteiger partial charge in [0.25, 0.3) is 0 Å². The van der Waals surface area contributed by atoms with Gasteiger partial charge < -0.3 is 28.8 Å². The Balaban J connectivity index is 1.56. The second kappa shape index (κ2) is 7.86. The lowest BCUT2D eigenvalue weighted by Gasteiger charge is -2.35. The molecule has 176 valence electrons. The largest absolute Gasteiger partial charge is 0.485 e. The summed E-state index contributed by atoms with van der Waals surface area (Å²) in [5.41, 5.74) is 2.60. The second-order valence-corrected chi connectivity index (χ2v) is 8.94. The number of aromatic nitrogens is 3. The SMILES string of the molecule is CC(=O)Nc1cc2c(-c3cc(OC4COC4)c4c(n3)C3(CCOC3)OCC4=O)cn(C)c2cn1. The van der Waals surface area contributed by atoms with Crippen LogP contribution in [0.2, 0.25) is 0 Å². The number of nitrogens with one attached hydrogen (secondary N) is 1. The fourth-order valence-electron chi connectivity index (χ4n) is 4.73. The molecule has 0 aromatic carbocycles. The van der Waals surface area contributed by atoms with Crippen molar-refractivity contribution in [3.63, 3.8) is 0 Å². The van der Waals surface area contributed by atoms with Gasteiger partial charge in [0.15, 0.2) is 5.78 Å². The molecular formula is C24H24N4O6. The van der Waals surface area contributed by atoms with E-state index >= 15 is 0 Å². The quantitative estimate of drug-likeness (QED) is 0.625. The Kier molecular flexibility index (Phi) is 4.91. The molecular weight excluding hydrogens is 440 g/mol. The van der Waals surface area contributed by atoms with Crippen molar-refractivity contribution in [1.82, 2.24) is 14.5 Å². The van der Waals surface area contributed by atoms with Crippen LogP contribution in [0.1, 0.15) is 29.4 Å². The zero-order chi connectivity index (χ0) is 23.4. The monoisotopic (exact) mass is 464 g/mol. The number of anilines is 1. The molecule has 6 heterocycles. The van der Waals surface area contributed by atoms with Crippen molar-refractivity contribution in [2.24, 2.45) is 7.05 Å². The number of nitrogens with zero attached hydrogens (tertiary/aromatic N) is 3. The van der Waals surface area contributed by atoms with Crippen molar-refractivity contribution in [3.8, 4) is 17.0 Å². The Bertz CT molecular complexity index is 1320. The minimum Gasteiger partial charge on any atom is -0.485 e. The van der Waals surface area contributed by atoms with Crippen LogP contribution in [-0.2, 0) is 31.7 Å². The Morgan fingerprint density at radius 2 is 2.15 bits per heavy atom. The summed E-state index contributed by atoms with van der Waals surface area (Å²) < 4.78 is 25.1. The summed E-state index contributed by atoms with van der Waals surface area (Å²) in [5, 5.41) is 3.60. The Hall–Kier alpha value is -3.34. The number of ketones is 1. The third-order valence-corrected chi connectivity index (χ3v) is 6.52. The van der Waals surface area contributed by atoms with Gasteiger partial charge in [0.05, 0.1) is 48.5 Å². The first-order valence-corrected chi connectivity index (χ1v) is 11.2. The van der Waals surface area contributed by atoms with Crippen LogP contribution in [0.15, 0.2) is 24.5 Å². The number of pyridine rings is 2. The van der Waals surface area contributed by atoms with Crippen LogP contribution in [-0.4, -0.2) is 65.4 Å². The predicted molar refractivity (Wildman–Crippen MR) is 121 cm³/mol. The summed E-state index contributed by atoms with van der Waals surface area (Å²) in [5.74, 6) is 0.582. The molecule has 1 N–H and O–H groups in total. The van der Waals surface area contributed by atoms with Gasteiger partial charge >= 0.3 is 0 Å². The molecule has 3 aromatic rings. The topological polar surface area (TPSA) is 114 Å². The fourth-order valence-corrected chi connectivity index (χ4v) is 4.73. The van der Waals surface area contributed by atoms with E-state index in [2.05, 4.69) is 10.3 Å². The summed E-state index contributed by atoms with van der Waals surface area (Å²) in [4.78, 5) is 33.9. The molecule has 3 aliphatic heterocycles. The second-order valence-electron chi connectivity index (χ2n) is 8.94. The molecule has 10 heteroatoms. The zero-order valence-electron chi connectivity index (χ0n) is 18.9. The van der Waals surface area contributed by atoms with Gasteiger partial charge in [-0.1, -0.05) is 0 Å². The molecule has 6 rings (SSSR count). The van der Waals surface area contributed by atoms with Crippen LogP contribution < -0.4 is 10.1 Å². The normalized spacial score (nSPS) is 22.1. The van der Waals surface area contributed by atoms with E-state index in [0.717, 1.165) is 16.5 Å². The van der Waals surface area contributed by atoms with Crippen molar-refractivity contribution < 1.29 is 28.5 Å². The number of aryl methyl sites for hydroxylation is 1. The zero-order valence-corrected chi connectivity index (χ0v) is 18.9. The molecule has 1 unspecified atom stereocenters. The van der Waals surface area contributed by atoms with Crippen LogP contribution in [0.4, 0.5) is 5.82 Å². The summed E-state index contributed by atoms with van der Waals surface area (Å²) in [6.45, 7) is 3.23. The summed E-state index contributed by atoms with van der Waals surface area (Å²) in [6, 6.07) is 3.64. The summed E-state index contributed by atoms with van der Waals surface area (Å²) >= 11 is 0. The third kappa shape index (κ3) is 3.37. The molecule has 0 bridgehead atoms. The average Bonchev–Trinajstić information content (AvgIpc) is 3.38. The van der Waals surface area contributed by atoms with Crippen LogP contribution in [0, 0.1) is 0 Å². The maximum atomic E-state index is 13.0. The number of carbonyl (C=O) groups is 2. The summed E-state index contributed by atoms with van der Waals surface area (Å²) in [6.07, 6.45) is 4.17. The molecule has 3 aromatic heterocycles. The lowest BCUT2D eigenvalue weighted by Crippen LogP contribution is -2.42. The van der Waals surface area contributed by atoms with Crippen molar-refractivity contribution in [1.29, 1.82) is 0 Å². The van der Waals surface area contributed by atoms with Gasteiger partial charge in [-0.15, -0.1) is 0 Å². The van der Waals surface area contributed by atoms with Crippen LogP contribution >= 0.6 is 0 Å². The third-order valence-electron chi connectivity index (χ3n) is 6.52. The van der Waals surface area contributed by atoms with Crippen LogP contribution in [0.25, 0.3) is 22.2 Å². The van der Waals surface area contributed by atoms with Crippen LogP contribution in [0.3, 0.4) is 0 Å². The van der Waals surface area contributed by atoms with Crippen molar-refractivity contribution >= 4 is 28.4 Å². The van der Waals surface area contributed by atoms with E-state index in [-0.39, 0.29) is 24.4 Å². The molecule has 0 aliphatic carbocycles. The van der Waals surface area contributed by atoms with E-state index in [4.69, 9.17) is 23.9 Å². The molecule has 2 fully saturated rings. The number of fused-ring (bicyclic) bond motifs is 3. The minimum atomic E-state index is -0.777. The fraction of sp³-hybridized carbons (Fsp3) is 0.417. The molecule has 1 atom stereocenters. The van der Waals surface area contributed by atoms with E-state index in [9.17, 15) is 9.59 Å². The first-order valence-electron chi connectivity index (χ1n) is 11.2. The highest BCUT2D eigenvalue weighted by atomic mass is 16.6. The minimum absolute atomic E-state index is 0.0328. The van der Waals surface area contributed by atoms with Gasteiger partial charge in [-0.05, 0) is 6.07 Å². The first-order chi connectivity index (χ1) is 16.4. The number of hydrogen-bond acceptors (Lipinski definition) is 8. The highest BCUT2D eigenvalue weighted by molar-refractivity contribution is 6.03. The Morgan fingerprint density at radius 3 is 2.85 bits per heavy atom. The average molecular weight is 464 g/mol. The van der Waals surface area contributed by atoms with Gasteiger partial charge in [-0.25, -0.2) is 9.97 Å². The van der Waals surface area contributed by atoms with E-state index < -0.39 is 5.60 Å². The van der Waals surface area contributed by atoms with E-state index in [1.165, 1.54) is 6.92 Å². The van der Waals surface area contributed by atoms with Gasteiger partial charge in [0.2, 0.25) is 5.91 Å². The molecule has 1 spiro atoms. The molecule has 34 heavy (non-hydrogen) atoms. The predicted octanol–water partition coefficient (Wildman–Crippen LogP) is 2.20. The molecule has 2 saturated heterocycles. The smallest absolute Gasteiger partial charge is 0.222 e. The number of hydrogen-bond donors (Lipinski definition) is 1. The first kappa shape index (κ1) is 21.2. The molecule has 0 saturated carbocycles. The van der Waals surface area contributed by atoms with Gasteiger partial charge in [-0.2, -0.15) is 0 Å². The van der Waals surface area contributed by atoms with Crippen LogP contribution in [0.5, 0.6) is 5.75 Å². The van der Waals surface area contributed by atoms with Crippen molar-refractivity contribution in [2.75, 3.05) is 38.4 Å². The highest BCUT2D eigenvalue weighted by Gasteiger charge is 2.47. The molecule has 0 radical (unpaired) electrons. The summed E-state index contributed by atoms with van der Waals surface area (Å²) in [7, 11) is 1.92. The van der Waals surface area contributed by atoms with Gasteiger partial charge in [-0.3, -0.25) is 9.59 Å². The Labute approximate surface area is 195 Å². The van der Waals surface area contributed by atoms with E-state index in [0.29, 0.717) is 61.4 Å². The Morgan fingerprint density at radius 1 is 1.29 bits per heavy atom. The maximum Gasteiger partial charge on any atom is 0.222 e. The molecule has 3 aliphatic rings.